The summed E-state index contributed by atoms with van der Waals surface area (Å²) in [5.41, 5.74) is -0.103. The number of aryl methyl sites for hydroxylation is 1. The standard InChI is InChI=1S/C15H25NO4S/c1-6-15(5,10-17)16-21(18,19)13-7-8-14(12(4)9-13)20-11(2)3/h7-9,11,16-17H,6,10H2,1-5H3. The van der Waals surface area contributed by atoms with Crippen molar-refractivity contribution >= 4 is 10.0 Å². The fraction of sp³-hybridized carbons (Fsp3) is 0.600. The van der Waals surface area contributed by atoms with Crippen molar-refractivity contribution in [1.29, 1.82) is 0 Å². The molecule has 0 radical (unpaired) electrons. The molecule has 2 N–H and O–H groups in total. The van der Waals surface area contributed by atoms with Crippen molar-refractivity contribution in [2.75, 3.05) is 6.61 Å². The van der Waals surface area contributed by atoms with E-state index in [1.165, 1.54) is 6.07 Å². The largest absolute Gasteiger partial charge is 0.491 e. The molecule has 0 heterocycles. The number of benzene rings is 1. The Labute approximate surface area is 127 Å². The maximum Gasteiger partial charge on any atom is 0.241 e. The lowest BCUT2D eigenvalue weighted by molar-refractivity contribution is 0.191. The van der Waals surface area contributed by atoms with Crippen LogP contribution in [0.2, 0.25) is 0 Å². The highest BCUT2D eigenvalue weighted by atomic mass is 32.2. The van der Waals surface area contributed by atoms with Crippen LogP contribution in [0, 0.1) is 6.92 Å². The summed E-state index contributed by atoms with van der Waals surface area (Å²) in [6, 6.07) is 4.75. The smallest absolute Gasteiger partial charge is 0.241 e. The predicted octanol–water partition coefficient (Wildman–Crippen LogP) is 2.22. The zero-order valence-corrected chi connectivity index (χ0v) is 14.1. The van der Waals surface area contributed by atoms with Crippen LogP contribution < -0.4 is 9.46 Å². The second-order valence-corrected chi connectivity index (χ2v) is 7.45. The molecule has 0 aliphatic rings. The minimum atomic E-state index is -3.68. The zero-order valence-electron chi connectivity index (χ0n) is 13.3. The number of hydrogen-bond acceptors (Lipinski definition) is 4. The summed E-state index contributed by atoms with van der Waals surface area (Å²) in [4.78, 5) is 0.171. The maximum atomic E-state index is 12.4. The predicted molar refractivity (Wildman–Crippen MR) is 83.0 cm³/mol. The lowest BCUT2D eigenvalue weighted by atomic mass is 10.0. The molecule has 0 saturated heterocycles. The van der Waals surface area contributed by atoms with Crippen molar-refractivity contribution < 1.29 is 18.3 Å². The molecule has 1 atom stereocenters. The van der Waals surface area contributed by atoms with Gasteiger partial charge in [-0.25, -0.2) is 13.1 Å². The van der Waals surface area contributed by atoms with E-state index in [4.69, 9.17) is 4.74 Å². The quantitative estimate of drug-likeness (QED) is 0.809. The van der Waals surface area contributed by atoms with Gasteiger partial charge in [0.2, 0.25) is 10.0 Å². The summed E-state index contributed by atoms with van der Waals surface area (Å²) < 4.78 is 32.9. The first kappa shape index (κ1) is 17.9. The number of aliphatic hydroxyl groups excluding tert-OH is 1. The van der Waals surface area contributed by atoms with E-state index >= 15 is 0 Å². The average molecular weight is 315 g/mol. The Hall–Kier alpha value is -1.11. The number of aliphatic hydroxyl groups is 1. The highest BCUT2D eigenvalue weighted by Gasteiger charge is 2.28. The van der Waals surface area contributed by atoms with Crippen LogP contribution in [0.4, 0.5) is 0 Å². The molecule has 5 nitrogen and oxygen atoms in total. The van der Waals surface area contributed by atoms with E-state index < -0.39 is 15.6 Å². The Morgan fingerprint density at radius 3 is 2.43 bits per heavy atom. The van der Waals surface area contributed by atoms with Gasteiger partial charge in [-0.05, 0) is 57.9 Å². The van der Waals surface area contributed by atoms with Crippen LogP contribution in [0.25, 0.3) is 0 Å². The van der Waals surface area contributed by atoms with Crippen molar-refractivity contribution in [1.82, 2.24) is 4.72 Å². The molecule has 21 heavy (non-hydrogen) atoms. The molecular weight excluding hydrogens is 290 g/mol. The Balaban J connectivity index is 3.07. The van der Waals surface area contributed by atoms with Gasteiger partial charge in [-0.3, -0.25) is 0 Å². The van der Waals surface area contributed by atoms with E-state index in [0.717, 1.165) is 5.56 Å². The SMILES string of the molecule is CCC(C)(CO)NS(=O)(=O)c1ccc(OC(C)C)c(C)c1. The minimum Gasteiger partial charge on any atom is -0.491 e. The molecule has 1 aromatic carbocycles. The minimum absolute atomic E-state index is 0.0297. The van der Waals surface area contributed by atoms with E-state index in [9.17, 15) is 13.5 Å². The summed E-state index contributed by atoms with van der Waals surface area (Å²) in [5.74, 6) is 0.671. The van der Waals surface area contributed by atoms with Crippen molar-refractivity contribution in [2.24, 2.45) is 0 Å². The lowest BCUT2D eigenvalue weighted by Crippen LogP contribution is -2.48. The first-order valence-electron chi connectivity index (χ1n) is 7.05. The summed E-state index contributed by atoms with van der Waals surface area (Å²) in [6.45, 7) is 8.88. The maximum absolute atomic E-state index is 12.4. The normalized spacial score (nSPS) is 15.0. The summed E-state index contributed by atoms with van der Waals surface area (Å²) in [5, 5.41) is 9.35. The molecule has 0 spiro atoms. The molecule has 1 unspecified atom stereocenters. The van der Waals surface area contributed by atoms with Gasteiger partial charge in [0.15, 0.2) is 0 Å². The van der Waals surface area contributed by atoms with Crippen LogP contribution in [0.3, 0.4) is 0 Å². The van der Waals surface area contributed by atoms with E-state index in [2.05, 4.69) is 4.72 Å². The first-order chi connectivity index (χ1) is 9.63. The summed E-state index contributed by atoms with van der Waals surface area (Å²) in [7, 11) is -3.68. The van der Waals surface area contributed by atoms with Gasteiger partial charge >= 0.3 is 0 Å². The van der Waals surface area contributed by atoms with Crippen LogP contribution in [-0.4, -0.2) is 31.8 Å². The summed E-state index contributed by atoms with van der Waals surface area (Å²) in [6.07, 6.45) is 0.526. The molecule has 0 bridgehead atoms. The van der Waals surface area contributed by atoms with Crippen molar-refractivity contribution in [3.63, 3.8) is 0 Å². The Kier molecular flexibility index (Phi) is 5.78. The molecule has 0 aromatic heterocycles. The Bertz CT molecular complexity index is 577. The van der Waals surface area contributed by atoms with Gasteiger partial charge in [0, 0.05) is 0 Å². The molecule has 1 aromatic rings. The van der Waals surface area contributed by atoms with Gasteiger partial charge in [0.05, 0.1) is 23.1 Å². The van der Waals surface area contributed by atoms with Crippen LogP contribution >= 0.6 is 0 Å². The number of hydrogen-bond donors (Lipinski definition) is 2. The van der Waals surface area contributed by atoms with E-state index in [1.54, 1.807) is 19.1 Å². The molecule has 0 aliphatic heterocycles. The average Bonchev–Trinajstić information content (AvgIpc) is 2.40. The van der Waals surface area contributed by atoms with E-state index in [-0.39, 0.29) is 17.6 Å². The number of sulfonamides is 1. The lowest BCUT2D eigenvalue weighted by Gasteiger charge is -2.27. The molecule has 1 rings (SSSR count). The van der Waals surface area contributed by atoms with Crippen LogP contribution in [0.15, 0.2) is 23.1 Å². The van der Waals surface area contributed by atoms with Gasteiger partial charge in [0.1, 0.15) is 5.75 Å². The van der Waals surface area contributed by atoms with Crippen molar-refractivity contribution in [3.8, 4) is 5.75 Å². The van der Waals surface area contributed by atoms with Gasteiger partial charge in [-0.15, -0.1) is 0 Å². The highest BCUT2D eigenvalue weighted by Crippen LogP contribution is 2.24. The van der Waals surface area contributed by atoms with Gasteiger partial charge < -0.3 is 9.84 Å². The topological polar surface area (TPSA) is 75.6 Å². The number of nitrogens with one attached hydrogen (secondary N) is 1. The van der Waals surface area contributed by atoms with Gasteiger partial charge in [0.25, 0.3) is 0 Å². The number of ether oxygens (including phenoxy) is 1. The third-order valence-electron chi connectivity index (χ3n) is 3.33. The second kappa shape index (κ2) is 6.77. The first-order valence-corrected chi connectivity index (χ1v) is 8.54. The van der Waals surface area contributed by atoms with Crippen LogP contribution in [0.5, 0.6) is 5.75 Å². The van der Waals surface area contributed by atoms with Crippen molar-refractivity contribution in [2.45, 2.75) is 57.6 Å². The second-order valence-electron chi connectivity index (χ2n) is 5.77. The molecule has 0 fully saturated rings. The number of rotatable bonds is 7. The Morgan fingerprint density at radius 1 is 1.38 bits per heavy atom. The highest BCUT2D eigenvalue weighted by molar-refractivity contribution is 7.89. The van der Waals surface area contributed by atoms with Crippen LogP contribution in [-0.2, 0) is 10.0 Å². The molecule has 0 aliphatic carbocycles. The molecule has 120 valence electrons. The molecule has 6 heteroatoms. The van der Waals surface area contributed by atoms with Gasteiger partial charge in [-0.2, -0.15) is 0 Å². The molecule has 0 amide bonds. The zero-order chi connectivity index (χ0) is 16.3. The van der Waals surface area contributed by atoms with E-state index in [0.29, 0.717) is 12.2 Å². The third kappa shape index (κ3) is 4.69. The van der Waals surface area contributed by atoms with Gasteiger partial charge in [-0.1, -0.05) is 6.92 Å². The summed E-state index contributed by atoms with van der Waals surface area (Å²) >= 11 is 0. The Morgan fingerprint density at radius 2 is 2.00 bits per heavy atom. The monoisotopic (exact) mass is 315 g/mol. The fourth-order valence-corrected chi connectivity index (χ4v) is 3.33. The van der Waals surface area contributed by atoms with Crippen LogP contribution in [0.1, 0.15) is 39.7 Å². The van der Waals surface area contributed by atoms with Crippen molar-refractivity contribution in [3.05, 3.63) is 23.8 Å². The van der Waals surface area contributed by atoms with E-state index in [1.807, 2.05) is 27.7 Å². The molecular formula is C15H25NO4S. The third-order valence-corrected chi connectivity index (χ3v) is 4.97. The fourth-order valence-electron chi connectivity index (χ4n) is 1.77. The molecule has 0 saturated carbocycles.